The van der Waals surface area contributed by atoms with Crippen LogP contribution < -0.4 is 11.1 Å². The molecular formula is C11H20N2. The molecule has 1 aliphatic rings. The molecule has 1 fully saturated rings. The molecule has 13 heavy (non-hydrogen) atoms. The Hall–Kier alpha value is -0.520. The zero-order valence-corrected chi connectivity index (χ0v) is 8.47. The summed E-state index contributed by atoms with van der Waals surface area (Å²) in [5.41, 5.74) is 5.93. The van der Waals surface area contributed by atoms with Crippen LogP contribution in [0, 0.1) is 18.3 Å². The van der Waals surface area contributed by atoms with Gasteiger partial charge in [-0.1, -0.05) is 12.8 Å². The predicted molar refractivity (Wildman–Crippen MR) is 56.3 cm³/mol. The molecule has 0 radical (unpaired) electrons. The second-order valence-corrected chi connectivity index (χ2v) is 4.22. The highest BCUT2D eigenvalue weighted by Crippen LogP contribution is 2.30. The predicted octanol–water partition coefficient (Wildman–Crippen LogP) is 1.12. The van der Waals surface area contributed by atoms with Crippen LogP contribution in [0.1, 0.15) is 32.6 Å². The molecule has 0 aliphatic heterocycles. The standard InChI is InChI=1S/C11H20N2/c1-3-8-13-11(9-12)6-4-10(2)5-7-11/h1,10,13H,4-9,12H2,2H3. The van der Waals surface area contributed by atoms with Crippen LogP contribution in [0.5, 0.6) is 0 Å². The molecule has 1 saturated carbocycles. The highest BCUT2D eigenvalue weighted by Gasteiger charge is 2.31. The lowest BCUT2D eigenvalue weighted by Crippen LogP contribution is -2.53. The monoisotopic (exact) mass is 180 g/mol. The molecule has 0 heterocycles. The largest absolute Gasteiger partial charge is 0.329 e. The van der Waals surface area contributed by atoms with Crippen molar-refractivity contribution >= 4 is 0 Å². The Morgan fingerprint density at radius 2 is 2.15 bits per heavy atom. The molecule has 0 atom stereocenters. The molecule has 0 aromatic carbocycles. The summed E-state index contributed by atoms with van der Waals surface area (Å²) >= 11 is 0. The number of hydrogen-bond acceptors (Lipinski definition) is 2. The van der Waals surface area contributed by atoms with Gasteiger partial charge in [0.15, 0.2) is 0 Å². The van der Waals surface area contributed by atoms with E-state index in [0.717, 1.165) is 5.92 Å². The highest BCUT2D eigenvalue weighted by molar-refractivity contribution is 4.97. The number of hydrogen-bond donors (Lipinski definition) is 2. The first-order valence-corrected chi connectivity index (χ1v) is 5.11. The molecule has 0 bridgehead atoms. The van der Waals surface area contributed by atoms with Crippen LogP contribution in [0.2, 0.25) is 0 Å². The molecule has 74 valence electrons. The summed E-state index contributed by atoms with van der Waals surface area (Å²) in [6, 6.07) is 0. The van der Waals surface area contributed by atoms with E-state index in [9.17, 15) is 0 Å². The maximum atomic E-state index is 5.79. The van der Waals surface area contributed by atoms with Gasteiger partial charge in [0.05, 0.1) is 6.54 Å². The van der Waals surface area contributed by atoms with Crippen molar-refractivity contribution < 1.29 is 0 Å². The first-order chi connectivity index (χ1) is 6.22. The minimum Gasteiger partial charge on any atom is -0.329 e. The van der Waals surface area contributed by atoms with Gasteiger partial charge in [-0.25, -0.2) is 0 Å². The number of rotatable bonds is 3. The first-order valence-electron chi connectivity index (χ1n) is 5.11. The Morgan fingerprint density at radius 3 is 2.62 bits per heavy atom. The van der Waals surface area contributed by atoms with Crippen LogP contribution in [0.15, 0.2) is 0 Å². The van der Waals surface area contributed by atoms with E-state index in [2.05, 4.69) is 18.2 Å². The van der Waals surface area contributed by atoms with Crippen LogP contribution in [-0.4, -0.2) is 18.6 Å². The fraction of sp³-hybridized carbons (Fsp3) is 0.818. The van der Waals surface area contributed by atoms with Crippen molar-refractivity contribution in [3.05, 3.63) is 0 Å². The smallest absolute Gasteiger partial charge is 0.0578 e. The summed E-state index contributed by atoms with van der Waals surface area (Å²) in [5.74, 6) is 3.47. The number of terminal acetylenes is 1. The van der Waals surface area contributed by atoms with Crippen LogP contribution >= 0.6 is 0 Å². The van der Waals surface area contributed by atoms with Gasteiger partial charge >= 0.3 is 0 Å². The van der Waals surface area contributed by atoms with Gasteiger partial charge in [-0.2, -0.15) is 0 Å². The second-order valence-electron chi connectivity index (χ2n) is 4.22. The molecule has 0 amide bonds. The van der Waals surface area contributed by atoms with Crippen molar-refractivity contribution in [3.8, 4) is 12.3 Å². The molecule has 3 N–H and O–H groups in total. The molecule has 0 aromatic rings. The lowest BCUT2D eigenvalue weighted by Gasteiger charge is -2.39. The van der Waals surface area contributed by atoms with Gasteiger partial charge in [0, 0.05) is 12.1 Å². The Balaban J connectivity index is 2.46. The van der Waals surface area contributed by atoms with Gasteiger partial charge in [-0.05, 0) is 31.6 Å². The molecule has 0 unspecified atom stereocenters. The van der Waals surface area contributed by atoms with Crippen molar-refractivity contribution in [1.29, 1.82) is 0 Å². The van der Waals surface area contributed by atoms with Gasteiger partial charge in [0.2, 0.25) is 0 Å². The maximum Gasteiger partial charge on any atom is 0.0578 e. The quantitative estimate of drug-likeness (QED) is 0.639. The second kappa shape index (κ2) is 4.64. The number of nitrogens with one attached hydrogen (secondary N) is 1. The molecule has 0 saturated heterocycles. The summed E-state index contributed by atoms with van der Waals surface area (Å²) in [5, 5.41) is 3.39. The van der Waals surface area contributed by atoms with Gasteiger partial charge in [-0.15, -0.1) is 6.42 Å². The fourth-order valence-electron chi connectivity index (χ4n) is 2.01. The van der Waals surface area contributed by atoms with Crippen molar-refractivity contribution in [2.75, 3.05) is 13.1 Å². The highest BCUT2D eigenvalue weighted by atomic mass is 15.0. The van der Waals surface area contributed by atoms with Gasteiger partial charge in [0.25, 0.3) is 0 Å². The third-order valence-electron chi connectivity index (χ3n) is 3.19. The van der Waals surface area contributed by atoms with E-state index in [1.165, 1.54) is 25.7 Å². The molecule has 1 rings (SSSR count). The average Bonchev–Trinajstić information content (AvgIpc) is 2.18. The molecule has 2 heteroatoms. The first kappa shape index (κ1) is 10.6. The maximum absolute atomic E-state index is 5.79. The fourth-order valence-corrected chi connectivity index (χ4v) is 2.01. The van der Waals surface area contributed by atoms with E-state index < -0.39 is 0 Å². The van der Waals surface area contributed by atoms with Crippen molar-refractivity contribution in [3.63, 3.8) is 0 Å². The molecule has 2 nitrogen and oxygen atoms in total. The van der Waals surface area contributed by atoms with E-state index in [4.69, 9.17) is 12.2 Å². The summed E-state index contributed by atoms with van der Waals surface area (Å²) in [4.78, 5) is 0. The zero-order valence-electron chi connectivity index (χ0n) is 8.47. The summed E-state index contributed by atoms with van der Waals surface area (Å²) in [6.45, 7) is 3.66. The van der Waals surface area contributed by atoms with Crippen LogP contribution in [0.3, 0.4) is 0 Å². The van der Waals surface area contributed by atoms with E-state index in [1.54, 1.807) is 0 Å². The summed E-state index contributed by atoms with van der Waals surface area (Å²) in [7, 11) is 0. The van der Waals surface area contributed by atoms with Crippen molar-refractivity contribution in [2.24, 2.45) is 11.7 Å². The van der Waals surface area contributed by atoms with E-state index in [0.29, 0.717) is 13.1 Å². The third kappa shape index (κ3) is 2.72. The zero-order chi connectivity index (χ0) is 9.73. The topological polar surface area (TPSA) is 38.0 Å². The normalized spacial score (nSPS) is 34.1. The van der Waals surface area contributed by atoms with E-state index in [1.807, 2.05) is 0 Å². The molecule has 0 spiro atoms. The molecule has 0 aromatic heterocycles. The lowest BCUT2D eigenvalue weighted by atomic mass is 9.77. The van der Waals surface area contributed by atoms with Gasteiger partial charge in [-0.3, -0.25) is 5.32 Å². The lowest BCUT2D eigenvalue weighted by molar-refractivity contribution is 0.209. The minimum atomic E-state index is 0.138. The third-order valence-corrected chi connectivity index (χ3v) is 3.19. The van der Waals surface area contributed by atoms with E-state index in [-0.39, 0.29) is 5.54 Å². The van der Waals surface area contributed by atoms with E-state index >= 15 is 0 Å². The SMILES string of the molecule is C#CCNC1(CN)CCC(C)CC1. The van der Waals surface area contributed by atoms with Gasteiger partial charge < -0.3 is 5.73 Å². The Labute approximate surface area is 81.3 Å². The number of nitrogens with two attached hydrogens (primary N) is 1. The van der Waals surface area contributed by atoms with Gasteiger partial charge in [0.1, 0.15) is 0 Å². The van der Waals surface area contributed by atoms with Crippen molar-refractivity contribution in [2.45, 2.75) is 38.1 Å². The average molecular weight is 180 g/mol. The van der Waals surface area contributed by atoms with Crippen LogP contribution in [0.25, 0.3) is 0 Å². The van der Waals surface area contributed by atoms with Crippen molar-refractivity contribution in [1.82, 2.24) is 5.32 Å². The summed E-state index contributed by atoms with van der Waals surface area (Å²) < 4.78 is 0. The molecule has 1 aliphatic carbocycles. The molecular weight excluding hydrogens is 160 g/mol. The Kier molecular flexibility index (Phi) is 3.77. The minimum absolute atomic E-state index is 0.138. The Morgan fingerprint density at radius 1 is 1.54 bits per heavy atom. The summed E-state index contributed by atoms with van der Waals surface area (Å²) in [6.07, 6.45) is 10.1. The Bertz CT molecular complexity index is 185. The van der Waals surface area contributed by atoms with Crippen LogP contribution in [-0.2, 0) is 0 Å². The van der Waals surface area contributed by atoms with Crippen LogP contribution in [0.4, 0.5) is 0 Å².